The number of anilines is 1. The summed E-state index contributed by atoms with van der Waals surface area (Å²) in [6.45, 7) is 8.40. The predicted molar refractivity (Wildman–Crippen MR) is 78.8 cm³/mol. The maximum atomic E-state index is 11.7. The van der Waals surface area contributed by atoms with Gasteiger partial charge in [-0.05, 0) is 18.8 Å². The largest absolute Gasteiger partial charge is 0.356 e. The fourth-order valence-corrected chi connectivity index (χ4v) is 2.76. The minimum Gasteiger partial charge on any atom is -0.356 e. The van der Waals surface area contributed by atoms with Crippen LogP contribution in [0.4, 0.5) is 5.82 Å². The van der Waals surface area contributed by atoms with Gasteiger partial charge in [-0.25, -0.2) is 4.98 Å². The first kappa shape index (κ1) is 14.1. The maximum Gasteiger partial charge on any atom is 0.252 e. The Bertz CT molecular complexity index is 459. The molecule has 4 heteroatoms. The van der Waals surface area contributed by atoms with Crippen molar-refractivity contribution >= 4 is 5.82 Å². The summed E-state index contributed by atoms with van der Waals surface area (Å²) in [5, 5.41) is 0. The number of hydrogen-bond acceptors (Lipinski definition) is 3. The summed E-state index contributed by atoms with van der Waals surface area (Å²) < 4.78 is 0. The minimum atomic E-state index is -0.0376. The summed E-state index contributed by atoms with van der Waals surface area (Å²) in [4.78, 5) is 21.4. The molecule has 0 amide bonds. The van der Waals surface area contributed by atoms with Crippen LogP contribution < -0.4 is 10.5 Å². The van der Waals surface area contributed by atoms with Crippen LogP contribution in [0.1, 0.15) is 58.2 Å². The Morgan fingerprint density at radius 3 is 2.68 bits per heavy atom. The second-order valence-corrected chi connectivity index (χ2v) is 5.86. The van der Waals surface area contributed by atoms with Gasteiger partial charge in [-0.1, -0.05) is 33.6 Å². The molecule has 1 saturated heterocycles. The van der Waals surface area contributed by atoms with Crippen LogP contribution in [0.3, 0.4) is 0 Å². The number of aromatic nitrogens is 2. The van der Waals surface area contributed by atoms with Gasteiger partial charge in [0.25, 0.3) is 5.56 Å². The van der Waals surface area contributed by atoms with Crippen LogP contribution >= 0.6 is 0 Å². The van der Waals surface area contributed by atoms with E-state index in [-0.39, 0.29) is 11.5 Å². The fraction of sp³-hybridized carbons (Fsp3) is 0.733. The monoisotopic (exact) mass is 263 g/mol. The molecule has 1 aromatic rings. The molecule has 0 bridgehead atoms. The number of hydrogen-bond donors (Lipinski definition) is 1. The van der Waals surface area contributed by atoms with Crippen molar-refractivity contribution < 1.29 is 0 Å². The van der Waals surface area contributed by atoms with Gasteiger partial charge < -0.3 is 9.88 Å². The van der Waals surface area contributed by atoms with Crippen LogP contribution in [-0.4, -0.2) is 23.1 Å². The molecule has 2 heterocycles. The van der Waals surface area contributed by atoms with Gasteiger partial charge in [0.1, 0.15) is 11.6 Å². The van der Waals surface area contributed by atoms with Crippen molar-refractivity contribution in [2.24, 2.45) is 5.92 Å². The maximum absolute atomic E-state index is 11.7. The summed E-state index contributed by atoms with van der Waals surface area (Å²) >= 11 is 0. The molecule has 0 unspecified atom stereocenters. The Hall–Kier alpha value is -1.32. The number of nitrogens with zero attached hydrogens (tertiary/aromatic N) is 2. The van der Waals surface area contributed by atoms with E-state index >= 15 is 0 Å². The van der Waals surface area contributed by atoms with Crippen LogP contribution in [0.5, 0.6) is 0 Å². The summed E-state index contributed by atoms with van der Waals surface area (Å²) in [6.07, 6.45) is 5.04. The molecule has 0 aromatic carbocycles. The van der Waals surface area contributed by atoms with Gasteiger partial charge in [-0.15, -0.1) is 0 Å². The number of rotatable bonds is 4. The topological polar surface area (TPSA) is 49.0 Å². The zero-order valence-electron chi connectivity index (χ0n) is 12.3. The molecule has 0 saturated carbocycles. The molecule has 4 nitrogen and oxygen atoms in total. The molecule has 1 aliphatic rings. The lowest BCUT2D eigenvalue weighted by Crippen LogP contribution is -2.35. The SMILES string of the molecule is CCCC1CCN(c2cc(=O)[nH]c(C(C)C)n2)CC1. The molecule has 106 valence electrons. The van der Waals surface area contributed by atoms with Crippen molar-refractivity contribution in [3.05, 3.63) is 22.2 Å². The first-order valence-electron chi connectivity index (χ1n) is 7.46. The normalized spacial score (nSPS) is 17.2. The predicted octanol–water partition coefficient (Wildman–Crippen LogP) is 2.91. The van der Waals surface area contributed by atoms with Crippen molar-refractivity contribution in [3.8, 4) is 0 Å². The second-order valence-electron chi connectivity index (χ2n) is 5.86. The lowest BCUT2D eigenvalue weighted by molar-refractivity contribution is 0.377. The van der Waals surface area contributed by atoms with E-state index in [1.54, 1.807) is 6.07 Å². The average molecular weight is 263 g/mol. The Kier molecular flexibility index (Phi) is 4.61. The fourth-order valence-electron chi connectivity index (χ4n) is 2.76. The summed E-state index contributed by atoms with van der Waals surface area (Å²) in [5.41, 5.74) is -0.0376. The highest BCUT2D eigenvalue weighted by molar-refractivity contribution is 5.38. The standard InChI is InChI=1S/C15H25N3O/c1-4-5-12-6-8-18(9-7-12)13-10-14(19)17-15(16-13)11(2)3/h10-12H,4-9H2,1-3H3,(H,16,17,19). The van der Waals surface area contributed by atoms with E-state index in [1.165, 1.54) is 25.7 Å². The number of aromatic amines is 1. The molecule has 0 radical (unpaired) electrons. The van der Waals surface area contributed by atoms with Crippen LogP contribution in [0.2, 0.25) is 0 Å². The van der Waals surface area contributed by atoms with Gasteiger partial charge in [0, 0.05) is 25.1 Å². The van der Waals surface area contributed by atoms with Crippen LogP contribution in [0.15, 0.2) is 10.9 Å². The minimum absolute atomic E-state index is 0.0376. The Balaban J connectivity index is 2.09. The van der Waals surface area contributed by atoms with Gasteiger partial charge in [0.05, 0.1) is 0 Å². The van der Waals surface area contributed by atoms with E-state index in [9.17, 15) is 4.79 Å². The molecule has 1 aromatic heterocycles. The first-order valence-corrected chi connectivity index (χ1v) is 7.46. The Labute approximate surface area is 115 Å². The van der Waals surface area contributed by atoms with Crippen LogP contribution in [0.25, 0.3) is 0 Å². The van der Waals surface area contributed by atoms with Gasteiger partial charge >= 0.3 is 0 Å². The van der Waals surface area contributed by atoms with Crippen LogP contribution in [0, 0.1) is 5.92 Å². The number of piperidine rings is 1. The molecular formula is C15H25N3O. The second kappa shape index (κ2) is 6.22. The van der Waals surface area contributed by atoms with Crippen LogP contribution in [-0.2, 0) is 0 Å². The van der Waals surface area contributed by atoms with E-state index in [0.29, 0.717) is 0 Å². The first-order chi connectivity index (χ1) is 9.10. The Morgan fingerprint density at radius 2 is 2.11 bits per heavy atom. The molecular weight excluding hydrogens is 238 g/mol. The summed E-state index contributed by atoms with van der Waals surface area (Å²) in [5.74, 6) is 2.75. The highest BCUT2D eigenvalue weighted by Gasteiger charge is 2.20. The zero-order valence-corrected chi connectivity index (χ0v) is 12.3. The average Bonchev–Trinajstić information content (AvgIpc) is 2.39. The molecule has 2 rings (SSSR count). The third-order valence-electron chi connectivity index (χ3n) is 3.93. The lowest BCUT2D eigenvalue weighted by Gasteiger charge is -2.32. The lowest BCUT2D eigenvalue weighted by atomic mass is 9.92. The zero-order chi connectivity index (χ0) is 13.8. The van der Waals surface area contributed by atoms with Gasteiger partial charge in [-0.3, -0.25) is 4.79 Å². The van der Waals surface area contributed by atoms with E-state index < -0.39 is 0 Å². The molecule has 0 atom stereocenters. The van der Waals surface area contributed by atoms with E-state index in [4.69, 9.17) is 0 Å². The van der Waals surface area contributed by atoms with Gasteiger partial charge in [0.2, 0.25) is 0 Å². The smallest absolute Gasteiger partial charge is 0.252 e. The summed E-state index contributed by atoms with van der Waals surface area (Å²) in [6, 6.07) is 1.63. The quantitative estimate of drug-likeness (QED) is 0.908. The number of nitrogens with one attached hydrogen (secondary N) is 1. The molecule has 0 spiro atoms. The third-order valence-corrected chi connectivity index (χ3v) is 3.93. The van der Waals surface area contributed by atoms with Crippen molar-refractivity contribution in [2.75, 3.05) is 18.0 Å². The highest BCUT2D eigenvalue weighted by Crippen LogP contribution is 2.24. The Morgan fingerprint density at radius 1 is 1.42 bits per heavy atom. The molecule has 1 aliphatic heterocycles. The molecule has 1 fully saturated rings. The molecule has 19 heavy (non-hydrogen) atoms. The molecule has 1 N–H and O–H groups in total. The van der Waals surface area contributed by atoms with Crippen molar-refractivity contribution in [2.45, 2.75) is 52.4 Å². The van der Waals surface area contributed by atoms with Gasteiger partial charge in [-0.2, -0.15) is 0 Å². The molecule has 0 aliphatic carbocycles. The van der Waals surface area contributed by atoms with Crippen molar-refractivity contribution in [1.82, 2.24) is 9.97 Å². The van der Waals surface area contributed by atoms with Gasteiger partial charge in [0.15, 0.2) is 0 Å². The van der Waals surface area contributed by atoms with E-state index in [1.807, 2.05) is 0 Å². The van der Waals surface area contributed by atoms with Crippen molar-refractivity contribution in [1.29, 1.82) is 0 Å². The highest BCUT2D eigenvalue weighted by atomic mass is 16.1. The third kappa shape index (κ3) is 3.58. The van der Waals surface area contributed by atoms with E-state index in [0.717, 1.165) is 30.6 Å². The van der Waals surface area contributed by atoms with Crippen molar-refractivity contribution in [3.63, 3.8) is 0 Å². The summed E-state index contributed by atoms with van der Waals surface area (Å²) in [7, 11) is 0. The van der Waals surface area contributed by atoms with E-state index in [2.05, 4.69) is 35.6 Å². The number of H-pyrrole nitrogens is 1.